The van der Waals surface area contributed by atoms with Gasteiger partial charge < -0.3 is 5.32 Å². The van der Waals surface area contributed by atoms with Crippen LogP contribution in [-0.2, 0) is 4.79 Å². The van der Waals surface area contributed by atoms with E-state index in [1.807, 2.05) is 20.8 Å². The van der Waals surface area contributed by atoms with E-state index in [1.54, 1.807) is 0 Å². The maximum Gasteiger partial charge on any atom is 0.223 e. The average molecular weight is 175 g/mol. The van der Waals surface area contributed by atoms with Crippen LogP contribution in [0.2, 0.25) is 0 Å². The van der Waals surface area contributed by atoms with E-state index < -0.39 is 0 Å². The zero-order chi connectivity index (χ0) is 9.56. The highest BCUT2D eigenvalue weighted by molar-refractivity contribution is 5.78. The van der Waals surface area contributed by atoms with Crippen LogP contribution in [0.4, 0.5) is 4.39 Å². The summed E-state index contributed by atoms with van der Waals surface area (Å²) in [5, 5.41) is 2.79. The molecular formula is C9H18FNO. The van der Waals surface area contributed by atoms with Gasteiger partial charge in [0.2, 0.25) is 5.91 Å². The fourth-order valence-electron chi connectivity index (χ4n) is 0.941. The van der Waals surface area contributed by atoms with Crippen LogP contribution >= 0.6 is 0 Å². The van der Waals surface area contributed by atoms with Crippen molar-refractivity contribution in [2.75, 3.05) is 6.67 Å². The molecule has 0 rings (SSSR count). The summed E-state index contributed by atoms with van der Waals surface area (Å²) in [5.74, 6) is -0.0402. The van der Waals surface area contributed by atoms with Crippen molar-refractivity contribution in [3.8, 4) is 0 Å². The Balaban J connectivity index is 3.61. The number of carbonyl (C=O) groups is 1. The van der Waals surface area contributed by atoms with Crippen molar-refractivity contribution >= 4 is 5.91 Å². The molecule has 0 aliphatic heterocycles. The minimum Gasteiger partial charge on any atom is -0.354 e. The lowest BCUT2D eigenvalue weighted by atomic mass is 10.1. The first kappa shape index (κ1) is 11.4. The third kappa shape index (κ3) is 5.10. The van der Waals surface area contributed by atoms with E-state index in [0.717, 1.165) is 0 Å². The van der Waals surface area contributed by atoms with E-state index in [9.17, 15) is 9.18 Å². The van der Waals surface area contributed by atoms with Crippen molar-refractivity contribution in [1.29, 1.82) is 0 Å². The predicted molar refractivity (Wildman–Crippen MR) is 47.7 cm³/mol. The van der Waals surface area contributed by atoms with Gasteiger partial charge in [-0.05, 0) is 26.7 Å². The predicted octanol–water partition coefficient (Wildman–Crippen LogP) is 1.90. The van der Waals surface area contributed by atoms with Gasteiger partial charge in [-0.3, -0.25) is 9.18 Å². The molecule has 0 fully saturated rings. The molecule has 0 aliphatic carbocycles. The van der Waals surface area contributed by atoms with Crippen molar-refractivity contribution in [3.63, 3.8) is 0 Å². The van der Waals surface area contributed by atoms with Crippen LogP contribution in [-0.4, -0.2) is 18.6 Å². The Labute approximate surface area is 73.5 Å². The second-order valence-corrected chi connectivity index (χ2v) is 3.40. The van der Waals surface area contributed by atoms with Crippen molar-refractivity contribution in [3.05, 3.63) is 0 Å². The van der Waals surface area contributed by atoms with Crippen molar-refractivity contribution in [1.82, 2.24) is 5.32 Å². The summed E-state index contributed by atoms with van der Waals surface area (Å²) in [6, 6.07) is 0.172. The Morgan fingerprint density at radius 2 is 2.00 bits per heavy atom. The summed E-state index contributed by atoms with van der Waals surface area (Å²) in [4.78, 5) is 11.2. The number of hydrogen-bond acceptors (Lipinski definition) is 1. The SMILES string of the molecule is CC(C)NC(=O)C(C)CCCF. The molecule has 3 heteroatoms. The van der Waals surface area contributed by atoms with Gasteiger partial charge in [0.05, 0.1) is 6.67 Å². The Morgan fingerprint density at radius 3 is 2.42 bits per heavy atom. The lowest BCUT2D eigenvalue weighted by Crippen LogP contribution is -2.34. The molecule has 0 aromatic heterocycles. The summed E-state index contributed by atoms with van der Waals surface area (Å²) < 4.78 is 11.7. The van der Waals surface area contributed by atoms with Gasteiger partial charge in [-0.25, -0.2) is 0 Å². The first-order valence-electron chi connectivity index (χ1n) is 4.44. The number of carbonyl (C=O) groups excluding carboxylic acids is 1. The van der Waals surface area contributed by atoms with Gasteiger partial charge in [0, 0.05) is 12.0 Å². The van der Waals surface area contributed by atoms with Gasteiger partial charge in [0.15, 0.2) is 0 Å². The molecule has 1 amide bonds. The van der Waals surface area contributed by atoms with E-state index >= 15 is 0 Å². The van der Waals surface area contributed by atoms with Crippen LogP contribution in [0.1, 0.15) is 33.6 Å². The molecule has 0 spiro atoms. The lowest BCUT2D eigenvalue weighted by molar-refractivity contribution is -0.125. The molecule has 0 bridgehead atoms. The highest BCUT2D eigenvalue weighted by Crippen LogP contribution is 2.05. The first-order chi connectivity index (χ1) is 5.57. The number of alkyl halides is 1. The molecule has 0 saturated carbocycles. The third-order valence-electron chi connectivity index (χ3n) is 1.65. The van der Waals surface area contributed by atoms with E-state index in [-0.39, 0.29) is 24.5 Å². The van der Waals surface area contributed by atoms with E-state index in [2.05, 4.69) is 5.32 Å². The van der Waals surface area contributed by atoms with Gasteiger partial charge in [-0.2, -0.15) is 0 Å². The smallest absolute Gasteiger partial charge is 0.223 e. The zero-order valence-electron chi connectivity index (χ0n) is 8.06. The highest BCUT2D eigenvalue weighted by atomic mass is 19.1. The maximum atomic E-state index is 11.7. The molecule has 0 aromatic carbocycles. The second kappa shape index (κ2) is 5.98. The molecule has 0 saturated heterocycles. The molecule has 1 N–H and O–H groups in total. The fourth-order valence-corrected chi connectivity index (χ4v) is 0.941. The van der Waals surface area contributed by atoms with Gasteiger partial charge in [-0.1, -0.05) is 6.92 Å². The van der Waals surface area contributed by atoms with Crippen LogP contribution in [0.25, 0.3) is 0 Å². The number of amides is 1. The summed E-state index contributed by atoms with van der Waals surface area (Å²) in [6.45, 7) is 5.33. The molecule has 1 atom stereocenters. The Kier molecular flexibility index (Phi) is 5.68. The van der Waals surface area contributed by atoms with Crippen molar-refractivity contribution in [2.45, 2.75) is 39.7 Å². The number of nitrogens with one attached hydrogen (secondary N) is 1. The van der Waals surface area contributed by atoms with Gasteiger partial charge >= 0.3 is 0 Å². The van der Waals surface area contributed by atoms with E-state index in [1.165, 1.54) is 0 Å². The lowest BCUT2D eigenvalue weighted by Gasteiger charge is -2.13. The van der Waals surface area contributed by atoms with E-state index in [4.69, 9.17) is 0 Å². The molecule has 2 nitrogen and oxygen atoms in total. The topological polar surface area (TPSA) is 29.1 Å². The molecule has 0 aliphatic rings. The van der Waals surface area contributed by atoms with Gasteiger partial charge in [0.1, 0.15) is 0 Å². The second-order valence-electron chi connectivity index (χ2n) is 3.40. The molecule has 12 heavy (non-hydrogen) atoms. The monoisotopic (exact) mass is 175 g/mol. The minimum absolute atomic E-state index is 0.0263. The number of hydrogen-bond donors (Lipinski definition) is 1. The highest BCUT2D eigenvalue weighted by Gasteiger charge is 2.12. The maximum absolute atomic E-state index is 11.7. The van der Waals surface area contributed by atoms with Crippen LogP contribution in [0.5, 0.6) is 0 Å². The summed E-state index contributed by atoms with van der Waals surface area (Å²) in [5.41, 5.74) is 0. The molecule has 72 valence electrons. The molecule has 0 radical (unpaired) electrons. The number of rotatable bonds is 5. The number of halogens is 1. The van der Waals surface area contributed by atoms with Crippen LogP contribution in [0.15, 0.2) is 0 Å². The molecule has 1 unspecified atom stereocenters. The van der Waals surface area contributed by atoms with Crippen LogP contribution < -0.4 is 5.32 Å². The first-order valence-corrected chi connectivity index (χ1v) is 4.44. The van der Waals surface area contributed by atoms with Crippen LogP contribution in [0, 0.1) is 5.92 Å². The molecule has 0 aromatic rings. The van der Waals surface area contributed by atoms with Gasteiger partial charge in [-0.15, -0.1) is 0 Å². The summed E-state index contributed by atoms with van der Waals surface area (Å²) >= 11 is 0. The quantitative estimate of drug-likeness (QED) is 0.679. The van der Waals surface area contributed by atoms with E-state index in [0.29, 0.717) is 12.8 Å². The third-order valence-corrected chi connectivity index (χ3v) is 1.65. The zero-order valence-corrected chi connectivity index (χ0v) is 8.06. The Morgan fingerprint density at radius 1 is 1.42 bits per heavy atom. The molecular weight excluding hydrogens is 157 g/mol. The van der Waals surface area contributed by atoms with Crippen molar-refractivity contribution in [2.24, 2.45) is 5.92 Å². The Hall–Kier alpha value is -0.600. The normalized spacial score (nSPS) is 13.1. The van der Waals surface area contributed by atoms with Gasteiger partial charge in [0.25, 0.3) is 0 Å². The average Bonchev–Trinajstić information content (AvgIpc) is 1.98. The standard InChI is InChI=1S/C9H18FNO/c1-7(2)11-9(12)8(3)5-4-6-10/h7-8H,4-6H2,1-3H3,(H,11,12). The fraction of sp³-hybridized carbons (Fsp3) is 0.889. The molecule has 0 heterocycles. The Bertz CT molecular complexity index is 136. The summed E-state index contributed by atoms with van der Waals surface area (Å²) in [6.07, 6.45) is 1.11. The summed E-state index contributed by atoms with van der Waals surface area (Å²) in [7, 11) is 0. The van der Waals surface area contributed by atoms with Crippen LogP contribution in [0.3, 0.4) is 0 Å². The van der Waals surface area contributed by atoms with Crippen molar-refractivity contribution < 1.29 is 9.18 Å². The largest absolute Gasteiger partial charge is 0.354 e. The minimum atomic E-state index is -0.334.